The Morgan fingerprint density at radius 1 is 1.14 bits per heavy atom. The summed E-state index contributed by atoms with van der Waals surface area (Å²) in [5.74, 6) is 0.352. The van der Waals surface area contributed by atoms with Crippen molar-refractivity contribution in [3.63, 3.8) is 0 Å². The zero-order chi connectivity index (χ0) is 26.1. The van der Waals surface area contributed by atoms with Gasteiger partial charge in [-0.15, -0.1) is 0 Å². The predicted molar refractivity (Wildman–Crippen MR) is 137 cm³/mol. The van der Waals surface area contributed by atoms with E-state index in [4.69, 9.17) is 29.4 Å². The zero-order valence-corrected chi connectivity index (χ0v) is 21.9. The summed E-state index contributed by atoms with van der Waals surface area (Å²) >= 11 is 1.30. The first-order valence-corrected chi connectivity index (χ1v) is 12.6. The topological polar surface area (TPSA) is 110 Å². The first-order valence-electron chi connectivity index (χ1n) is 11.7. The Bertz CT molecular complexity index is 1000. The minimum absolute atomic E-state index is 0.0579. The van der Waals surface area contributed by atoms with Gasteiger partial charge in [-0.1, -0.05) is 49.9 Å². The minimum Gasteiger partial charge on any atom is -0.497 e. The highest BCUT2D eigenvalue weighted by atomic mass is 32.2. The molecule has 0 aromatic heterocycles. The smallest absolute Gasteiger partial charge is 0.416 e. The van der Waals surface area contributed by atoms with Crippen LogP contribution in [0.4, 0.5) is 10.5 Å². The molecule has 0 saturated carbocycles. The summed E-state index contributed by atoms with van der Waals surface area (Å²) in [6, 6.07) is 14.3. The van der Waals surface area contributed by atoms with Crippen molar-refractivity contribution in [2.45, 2.75) is 42.9 Å². The number of nitrogen functional groups attached to an aromatic ring is 1. The Balaban J connectivity index is 1.86. The van der Waals surface area contributed by atoms with Crippen molar-refractivity contribution in [2.24, 2.45) is 5.92 Å². The summed E-state index contributed by atoms with van der Waals surface area (Å²) in [6.45, 7) is 4.72. The zero-order valence-electron chi connectivity index (χ0n) is 21.0. The molecule has 2 N–H and O–H groups in total. The van der Waals surface area contributed by atoms with Crippen molar-refractivity contribution in [1.82, 2.24) is 4.90 Å². The van der Waals surface area contributed by atoms with E-state index in [1.165, 1.54) is 16.7 Å². The maximum absolute atomic E-state index is 13.4. The second-order valence-corrected chi connectivity index (χ2v) is 9.62. The molecule has 2 aromatic carbocycles. The summed E-state index contributed by atoms with van der Waals surface area (Å²) in [5.41, 5.74) is 6.66. The Morgan fingerprint density at radius 2 is 1.86 bits per heavy atom. The van der Waals surface area contributed by atoms with Gasteiger partial charge in [-0.05, 0) is 35.7 Å². The van der Waals surface area contributed by atoms with Crippen LogP contribution in [0.2, 0.25) is 0 Å². The number of para-hydroxylation sites is 1. The van der Waals surface area contributed by atoms with Gasteiger partial charge >= 0.3 is 6.09 Å². The predicted octanol–water partition coefficient (Wildman–Crippen LogP) is 4.47. The summed E-state index contributed by atoms with van der Waals surface area (Å²) < 4.78 is 27.9. The van der Waals surface area contributed by atoms with Crippen LogP contribution in [0.25, 0.3) is 0 Å². The molecule has 1 aliphatic rings. The Kier molecular flexibility index (Phi) is 10.4. The van der Waals surface area contributed by atoms with E-state index < -0.39 is 17.8 Å². The van der Waals surface area contributed by atoms with Gasteiger partial charge in [0.05, 0.1) is 38.9 Å². The second kappa shape index (κ2) is 13.5. The van der Waals surface area contributed by atoms with E-state index in [1.54, 1.807) is 32.4 Å². The van der Waals surface area contributed by atoms with Crippen LogP contribution in [-0.2, 0) is 23.7 Å². The number of benzene rings is 2. The number of anilines is 1. The fraction of sp³-hybridized carbons (Fsp3) is 0.462. The lowest BCUT2D eigenvalue weighted by atomic mass is 10.0. The molecule has 9 nitrogen and oxygen atoms in total. The number of rotatable bonds is 13. The van der Waals surface area contributed by atoms with E-state index in [2.05, 4.69) is 0 Å². The van der Waals surface area contributed by atoms with Gasteiger partial charge in [-0.2, -0.15) is 0 Å². The van der Waals surface area contributed by atoms with Gasteiger partial charge in [0.25, 0.3) is 0 Å². The van der Waals surface area contributed by atoms with Crippen LogP contribution in [0.5, 0.6) is 5.75 Å². The number of methoxy groups -OCH3 is 2. The van der Waals surface area contributed by atoms with Gasteiger partial charge in [0, 0.05) is 17.7 Å². The van der Waals surface area contributed by atoms with Crippen LogP contribution in [0, 0.1) is 5.92 Å². The van der Waals surface area contributed by atoms with E-state index in [-0.39, 0.29) is 37.5 Å². The van der Waals surface area contributed by atoms with Crippen LogP contribution < -0.4 is 10.5 Å². The number of nitrogens with two attached hydrogens (primary N) is 1. The first-order chi connectivity index (χ1) is 17.3. The molecule has 1 heterocycles. The van der Waals surface area contributed by atoms with E-state index >= 15 is 0 Å². The molecule has 0 bridgehead atoms. The highest BCUT2D eigenvalue weighted by Crippen LogP contribution is 2.35. The lowest BCUT2D eigenvalue weighted by molar-refractivity contribution is -0.145. The molecular weight excluding hydrogens is 484 g/mol. The monoisotopic (exact) mass is 518 g/mol. The number of nitrogens with zero attached hydrogens (tertiary/aromatic N) is 1. The molecule has 0 aliphatic carbocycles. The third-order valence-corrected chi connectivity index (χ3v) is 6.82. The molecule has 0 spiro atoms. The van der Waals surface area contributed by atoms with E-state index in [1.807, 2.05) is 44.2 Å². The maximum atomic E-state index is 13.4. The van der Waals surface area contributed by atoms with E-state index in [9.17, 15) is 9.59 Å². The summed E-state index contributed by atoms with van der Waals surface area (Å²) in [7, 11) is 3.17. The molecule has 3 rings (SSSR count). The van der Waals surface area contributed by atoms with Crippen LogP contribution in [0.15, 0.2) is 53.4 Å². The number of carbonyl (C=O) groups is 2. The lowest BCUT2D eigenvalue weighted by Gasteiger charge is -2.28. The molecule has 1 saturated heterocycles. The number of carbonyl (C=O) groups excluding carboxylic acids is 2. The van der Waals surface area contributed by atoms with Crippen LogP contribution in [0.3, 0.4) is 0 Å². The molecule has 10 heteroatoms. The van der Waals surface area contributed by atoms with Crippen molar-refractivity contribution in [3.8, 4) is 5.75 Å². The highest BCUT2D eigenvalue weighted by molar-refractivity contribution is 7.99. The van der Waals surface area contributed by atoms with Crippen LogP contribution >= 0.6 is 11.8 Å². The summed E-state index contributed by atoms with van der Waals surface area (Å²) in [6.07, 6.45) is -1.43. The van der Waals surface area contributed by atoms with Crippen molar-refractivity contribution in [2.75, 3.05) is 39.8 Å². The fourth-order valence-electron chi connectivity index (χ4n) is 3.69. The van der Waals surface area contributed by atoms with Crippen LogP contribution in [-0.4, -0.2) is 62.6 Å². The molecule has 0 radical (unpaired) electrons. The third kappa shape index (κ3) is 7.36. The number of cyclic esters (lactones) is 1. The van der Waals surface area contributed by atoms with E-state index in [0.717, 1.165) is 10.5 Å². The number of ether oxygens (including phenoxy) is 5. The van der Waals surface area contributed by atoms with Gasteiger partial charge in [-0.25, -0.2) is 9.69 Å². The maximum Gasteiger partial charge on any atom is 0.416 e. The second-order valence-electron chi connectivity index (χ2n) is 8.56. The highest BCUT2D eigenvalue weighted by Gasteiger charge is 2.40. The Morgan fingerprint density at radius 3 is 2.50 bits per heavy atom. The molecule has 196 valence electrons. The summed E-state index contributed by atoms with van der Waals surface area (Å²) in [4.78, 5) is 27.7. The van der Waals surface area contributed by atoms with Gasteiger partial charge < -0.3 is 29.4 Å². The van der Waals surface area contributed by atoms with Gasteiger partial charge in [0.1, 0.15) is 12.4 Å². The standard InChI is InChI=1S/C26H34N2O7S/c1-17(2)21-16-34-25(30)28(21)24(29)15-22(18-9-11-19(32-4)12-10-18)35-26(33-14-13-31-3)36-23-8-6-5-7-20(23)27/h5-12,17,21-22,26H,13-16,27H2,1-4H3. The largest absolute Gasteiger partial charge is 0.497 e. The normalized spacial score (nSPS) is 17.2. The van der Waals surface area contributed by atoms with Crippen molar-refractivity contribution < 1.29 is 33.3 Å². The Labute approximate surface area is 216 Å². The minimum atomic E-state index is -0.795. The van der Waals surface area contributed by atoms with Gasteiger partial charge in [-0.3, -0.25) is 4.79 Å². The lowest BCUT2D eigenvalue weighted by Crippen LogP contribution is -2.42. The number of imide groups is 1. The molecule has 2 aromatic rings. The molecule has 36 heavy (non-hydrogen) atoms. The van der Waals surface area contributed by atoms with Gasteiger partial charge in [0.2, 0.25) is 11.5 Å². The average Bonchev–Trinajstić information content (AvgIpc) is 3.27. The number of hydrogen-bond acceptors (Lipinski definition) is 9. The van der Waals surface area contributed by atoms with Crippen LogP contribution in [0.1, 0.15) is 31.9 Å². The average molecular weight is 519 g/mol. The van der Waals surface area contributed by atoms with E-state index in [0.29, 0.717) is 18.0 Å². The number of amides is 2. The molecule has 1 fully saturated rings. The number of hydrogen-bond donors (Lipinski definition) is 1. The van der Waals surface area contributed by atoms with Crippen molar-refractivity contribution in [1.29, 1.82) is 0 Å². The molecule has 3 atom stereocenters. The Hall–Kier alpha value is -2.79. The van der Waals surface area contributed by atoms with Gasteiger partial charge in [0.15, 0.2) is 0 Å². The quantitative estimate of drug-likeness (QED) is 0.178. The molecular formula is C26H34N2O7S. The first kappa shape index (κ1) is 27.8. The molecule has 1 aliphatic heterocycles. The van der Waals surface area contributed by atoms with Crippen molar-refractivity contribution >= 4 is 29.4 Å². The van der Waals surface area contributed by atoms with Crippen molar-refractivity contribution in [3.05, 3.63) is 54.1 Å². The fourth-order valence-corrected chi connectivity index (χ4v) is 4.61. The number of thioether (sulfide) groups is 1. The molecule has 3 unspecified atom stereocenters. The summed E-state index contributed by atoms with van der Waals surface area (Å²) in [5, 5.41) is 0. The SMILES string of the molecule is COCCOC(OC(CC(=O)N1C(=O)OCC1C(C)C)c1ccc(OC)cc1)Sc1ccccc1N. The third-order valence-electron chi connectivity index (χ3n) is 5.75. The molecule has 2 amide bonds.